The lowest BCUT2D eigenvalue weighted by atomic mass is 9.76. The van der Waals surface area contributed by atoms with Gasteiger partial charge in [-0.15, -0.1) is 0 Å². The van der Waals surface area contributed by atoms with Gasteiger partial charge < -0.3 is 15.9 Å². The van der Waals surface area contributed by atoms with Crippen molar-refractivity contribution in [2.24, 2.45) is 5.41 Å². The van der Waals surface area contributed by atoms with Gasteiger partial charge in [0.15, 0.2) is 0 Å². The molecule has 0 aliphatic heterocycles. The Bertz CT molecular complexity index is 628. The first kappa shape index (κ1) is 13.9. The van der Waals surface area contributed by atoms with Gasteiger partial charge in [-0.3, -0.25) is 4.79 Å². The molecule has 0 fully saturated rings. The highest BCUT2D eigenvalue weighted by Crippen LogP contribution is 2.38. The molecule has 1 unspecified atom stereocenters. The van der Waals surface area contributed by atoms with Crippen LogP contribution in [0.25, 0.3) is 5.57 Å². The van der Waals surface area contributed by atoms with Crippen LogP contribution in [0.1, 0.15) is 18.9 Å². The van der Waals surface area contributed by atoms with Crippen LogP contribution < -0.4 is 5.73 Å². The molecule has 1 atom stereocenters. The summed E-state index contributed by atoms with van der Waals surface area (Å²) >= 11 is 0. The number of hydrogen-bond acceptors (Lipinski definition) is 3. The minimum absolute atomic E-state index is 0.0477. The standard InChI is InChI=1S/C15H15NO4/c1-15(14(19)20)7-6-11(12(8-15)13(17)18)9-2-4-10(16)5-3-9/h2-7H,8,16H2,1H3,(H,17,18)(H,19,20). The molecule has 0 aromatic heterocycles. The zero-order valence-corrected chi connectivity index (χ0v) is 11.0. The summed E-state index contributed by atoms with van der Waals surface area (Å²) in [5, 5.41) is 18.5. The van der Waals surface area contributed by atoms with Crippen LogP contribution in [0.3, 0.4) is 0 Å². The smallest absolute Gasteiger partial charge is 0.332 e. The summed E-state index contributed by atoms with van der Waals surface area (Å²) in [6.45, 7) is 1.51. The lowest BCUT2D eigenvalue weighted by Crippen LogP contribution is -2.29. The van der Waals surface area contributed by atoms with Gasteiger partial charge in [-0.1, -0.05) is 24.3 Å². The van der Waals surface area contributed by atoms with Crippen molar-refractivity contribution >= 4 is 23.2 Å². The number of rotatable bonds is 3. The van der Waals surface area contributed by atoms with E-state index in [2.05, 4.69) is 0 Å². The van der Waals surface area contributed by atoms with Gasteiger partial charge in [0, 0.05) is 11.3 Å². The number of benzene rings is 1. The average molecular weight is 273 g/mol. The number of hydrogen-bond donors (Lipinski definition) is 3. The van der Waals surface area contributed by atoms with Crippen molar-refractivity contribution < 1.29 is 19.8 Å². The summed E-state index contributed by atoms with van der Waals surface area (Å²) in [5.41, 5.74) is 6.33. The summed E-state index contributed by atoms with van der Waals surface area (Å²) in [6.07, 6.45) is 3.05. The van der Waals surface area contributed by atoms with E-state index in [4.69, 9.17) is 5.73 Å². The van der Waals surface area contributed by atoms with Crippen molar-refractivity contribution in [1.82, 2.24) is 0 Å². The van der Waals surface area contributed by atoms with Gasteiger partial charge >= 0.3 is 11.9 Å². The minimum Gasteiger partial charge on any atom is -0.481 e. The molecule has 5 nitrogen and oxygen atoms in total. The topological polar surface area (TPSA) is 101 Å². The van der Waals surface area contributed by atoms with Crippen LogP contribution in [-0.4, -0.2) is 22.2 Å². The van der Waals surface area contributed by atoms with Crippen molar-refractivity contribution in [3.05, 3.63) is 47.6 Å². The van der Waals surface area contributed by atoms with Gasteiger partial charge in [0.1, 0.15) is 0 Å². The molecule has 0 saturated carbocycles. The molecule has 4 N–H and O–H groups in total. The fourth-order valence-electron chi connectivity index (χ4n) is 2.16. The molecule has 0 bridgehead atoms. The highest BCUT2D eigenvalue weighted by Gasteiger charge is 2.36. The molecule has 0 radical (unpaired) electrons. The second kappa shape index (κ2) is 4.85. The molecule has 5 heteroatoms. The van der Waals surface area contributed by atoms with Gasteiger partial charge in [0.2, 0.25) is 0 Å². The summed E-state index contributed by atoms with van der Waals surface area (Å²) in [7, 11) is 0. The second-order valence-electron chi connectivity index (χ2n) is 5.05. The summed E-state index contributed by atoms with van der Waals surface area (Å²) in [6, 6.07) is 6.81. The van der Waals surface area contributed by atoms with Crippen molar-refractivity contribution in [1.29, 1.82) is 0 Å². The van der Waals surface area contributed by atoms with Gasteiger partial charge in [-0.05, 0) is 36.6 Å². The number of carboxylic acid groups (broad SMARTS) is 2. The van der Waals surface area contributed by atoms with Crippen molar-refractivity contribution in [3.8, 4) is 0 Å². The Labute approximate surface area is 116 Å². The van der Waals surface area contributed by atoms with Crippen molar-refractivity contribution in [2.75, 3.05) is 5.73 Å². The maximum absolute atomic E-state index is 11.4. The largest absolute Gasteiger partial charge is 0.481 e. The van der Waals surface area contributed by atoms with Crippen molar-refractivity contribution in [2.45, 2.75) is 13.3 Å². The van der Waals surface area contributed by atoms with E-state index in [0.29, 0.717) is 16.8 Å². The Kier molecular flexibility index (Phi) is 3.36. The number of nitrogen functional groups attached to an aromatic ring is 1. The van der Waals surface area contributed by atoms with E-state index < -0.39 is 17.4 Å². The molecule has 0 amide bonds. The number of aliphatic carboxylic acids is 2. The van der Waals surface area contributed by atoms with Gasteiger partial charge in [-0.2, -0.15) is 0 Å². The predicted octanol–water partition coefficient (Wildman–Crippen LogP) is 2.16. The Morgan fingerprint density at radius 3 is 2.30 bits per heavy atom. The van der Waals surface area contributed by atoms with E-state index in [0.717, 1.165) is 0 Å². The Morgan fingerprint density at radius 1 is 1.20 bits per heavy atom. The summed E-state index contributed by atoms with van der Waals surface area (Å²) in [5.74, 6) is -2.14. The lowest BCUT2D eigenvalue weighted by molar-refractivity contribution is -0.145. The van der Waals surface area contributed by atoms with E-state index in [9.17, 15) is 19.8 Å². The van der Waals surface area contributed by atoms with Crippen LogP contribution in [0.4, 0.5) is 5.69 Å². The summed E-state index contributed by atoms with van der Waals surface area (Å²) < 4.78 is 0. The van der Waals surface area contributed by atoms with E-state index in [-0.39, 0.29) is 12.0 Å². The minimum atomic E-state index is -1.19. The molecule has 2 rings (SSSR count). The molecule has 1 aliphatic carbocycles. The van der Waals surface area contributed by atoms with E-state index in [1.54, 1.807) is 30.3 Å². The normalized spacial score (nSPS) is 21.9. The fraction of sp³-hybridized carbons (Fsp3) is 0.200. The second-order valence-corrected chi connectivity index (χ2v) is 5.05. The molecule has 0 heterocycles. The van der Waals surface area contributed by atoms with Crippen LogP contribution in [-0.2, 0) is 9.59 Å². The van der Waals surface area contributed by atoms with Crippen molar-refractivity contribution in [3.63, 3.8) is 0 Å². The molecular weight excluding hydrogens is 258 g/mol. The number of allylic oxidation sites excluding steroid dienone is 2. The van der Waals surface area contributed by atoms with Gasteiger partial charge in [0.25, 0.3) is 0 Å². The summed E-state index contributed by atoms with van der Waals surface area (Å²) in [4.78, 5) is 22.7. The molecule has 0 saturated heterocycles. The molecule has 20 heavy (non-hydrogen) atoms. The maximum atomic E-state index is 11.4. The highest BCUT2D eigenvalue weighted by molar-refractivity contribution is 6.01. The van der Waals surface area contributed by atoms with Crippen LogP contribution in [0.15, 0.2) is 42.0 Å². The van der Waals surface area contributed by atoms with Crippen LogP contribution in [0.2, 0.25) is 0 Å². The molecular formula is C15H15NO4. The molecule has 1 aliphatic rings. The number of nitrogens with two attached hydrogens (primary N) is 1. The van der Waals surface area contributed by atoms with E-state index in [1.807, 2.05) is 0 Å². The monoisotopic (exact) mass is 273 g/mol. The Hall–Kier alpha value is -2.56. The van der Waals surface area contributed by atoms with Crippen LogP contribution in [0.5, 0.6) is 0 Å². The first-order chi connectivity index (χ1) is 9.33. The molecule has 1 aromatic rings. The zero-order chi connectivity index (χ0) is 14.9. The molecule has 0 spiro atoms. The highest BCUT2D eigenvalue weighted by atomic mass is 16.4. The number of carbonyl (C=O) groups is 2. The zero-order valence-electron chi connectivity index (χ0n) is 11.0. The maximum Gasteiger partial charge on any atom is 0.332 e. The average Bonchev–Trinajstić information content (AvgIpc) is 2.39. The van der Waals surface area contributed by atoms with Gasteiger partial charge in [-0.25, -0.2) is 4.79 Å². The van der Waals surface area contributed by atoms with Crippen LogP contribution in [0, 0.1) is 5.41 Å². The number of anilines is 1. The quantitative estimate of drug-likeness (QED) is 0.733. The third-order valence-corrected chi connectivity index (χ3v) is 3.46. The van der Waals surface area contributed by atoms with E-state index >= 15 is 0 Å². The Morgan fingerprint density at radius 2 is 1.80 bits per heavy atom. The fourth-order valence-corrected chi connectivity index (χ4v) is 2.16. The third-order valence-electron chi connectivity index (χ3n) is 3.46. The predicted molar refractivity (Wildman–Crippen MR) is 74.9 cm³/mol. The van der Waals surface area contributed by atoms with E-state index in [1.165, 1.54) is 13.0 Å². The first-order valence-electron chi connectivity index (χ1n) is 6.08. The molecule has 104 valence electrons. The van der Waals surface area contributed by atoms with Crippen LogP contribution >= 0.6 is 0 Å². The number of carboxylic acids is 2. The third kappa shape index (κ3) is 2.42. The first-order valence-corrected chi connectivity index (χ1v) is 6.08. The van der Waals surface area contributed by atoms with Gasteiger partial charge in [0.05, 0.1) is 5.41 Å². The molecule has 1 aromatic carbocycles. The lowest BCUT2D eigenvalue weighted by Gasteiger charge is -2.26. The Balaban J connectivity index is 2.50. The SMILES string of the molecule is CC1(C(=O)O)C=CC(c2ccc(N)cc2)=C(C(=O)O)C1.